The molecule has 3 heteroatoms. The van der Waals surface area contributed by atoms with Crippen LogP contribution in [-0.2, 0) is 17.3 Å². The van der Waals surface area contributed by atoms with Crippen molar-refractivity contribution in [2.24, 2.45) is 0 Å². The summed E-state index contributed by atoms with van der Waals surface area (Å²) in [6.45, 7) is 4.32. The Balaban J connectivity index is 2.04. The zero-order valence-corrected chi connectivity index (χ0v) is 16.8. The lowest BCUT2D eigenvalue weighted by molar-refractivity contribution is 0.227. The highest BCUT2D eigenvalue weighted by Crippen LogP contribution is 2.26. The van der Waals surface area contributed by atoms with Crippen LogP contribution in [0.15, 0.2) is 60.7 Å². The molecule has 23 heavy (non-hydrogen) atoms. The summed E-state index contributed by atoms with van der Waals surface area (Å²) in [5.41, 5.74) is 2.83. The van der Waals surface area contributed by atoms with Crippen LogP contribution < -0.4 is 0 Å². The van der Waals surface area contributed by atoms with E-state index < -0.39 is 8.32 Å². The Bertz CT molecular complexity index is 513. The van der Waals surface area contributed by atoms with E-state index >= 15 is 0 Å². The monoisotopic (exact) mass is 390 g/mol. The minimum atomic E-state index is -1.78. The molecule has 0 radical (unpaired) electrons. The zero-order valence-electron chi connectivity index (χ0n) is 14.2. The van der Waals surface area contributed by atoms with Crippen molar-refractivity contribution >= 4 is 24.2 Å². The highest BCUT2D eigenvalue weighted by Gasteiger charge is 2.34. The SMILES string of the molecule is CC(C)O[Si](CBr)(CCc1ccccc1)CCc1ccccc1. The van der Waals surface area contributed by atoms with E-state index in [0.29, 0.717) is 6.10 Å². The quantitative estimate of drug-likeness (QED) is 0.389. The molecule has 0 aromatic heterocycles. The summed E-state index contributed by atoms with van der Waals surface area (Å²) in [6, 6.07) is 23.9. The van der Waals surface area contributed by atoms with E-state index in [0.717, 1.165) is 17.8 Å². The van der Waals surface area contributed by atoms with E-state index in [2.05, 4.69) is 90.4 Å². The third-order valence-corrected chi connectivity index (χ3v) is 11.0. The van der Waals surface area contributed by atoms with Crippen LogP contribution in [0.5, 0.6) is 0 Å². The molecule has 0 saturated heterocycles. The summed E-state index contributed by atoms with van der Waals surface area (Å²) in [5, 5.41) is 0. The van der Waals surface area contributed by atoms with Crippen molar-refractivity contribution in [1.82, 2.24) is 0 Å². The second-order valence-electron chi connectivity index (χ2n) is 6.45. The van der Waals surface area contributed by atoms with Gasteiger partial charge in [-0.3, -0.25) is 0 Å². The van der Waals surface area contributed by atoms with Crippen LogP contribution in [0.3, 0.4) is 0 Å². The topological polar surface area (TPSA) is 9.23 Å². The molecule has 0 aliphatic heterocycles. The van der Waals surface area contributed by atoms with Crippen molar-refractivity contribution < 1.29 is 4.43 Å². The molecule has 0 amide bonds. The highest BCUT2D eigenvalue weighted by molar-refractivity contribution is 9.09. The lowest BCUT2D eigenvalue weighted by Crippen LogP contribution is -2.44. The largest absolute Gasteiger partial charge is 0.414 e. The van der Waals surface area contributed by atoms with Gasteiger partial charge in [-0.2, -0.15) is 0 Å². The number of benzene rings is 2. The zero-order chi connectivity index (χ0) is 16.5. The average molecular weight is 391 g/mol. The summed E-state index contributed by atoms with van der Waals surface area (Å²) < 4.78 is 6.52. The van der Waals surface area contributed by atoms with Crippen molar-refractivity contribution in [2.45, 2.75) is 44.9 Å². The Labute approximate surface area is 150 Å². The molecule has 0 unspecified atom stereocenters. The van der Waals surface area contributed by atoms with Gasteiger partial charge in [-0.15, -0.1) is 0 Å². The van der Waals surface area contributed by atoms with E-state index in [-0.39, 0.29) is 0 Å². The lowest BCUT2D eigenvalue weighted by Gasteiger charge is -2.32. The molecule has 0 fully saturated rings. The lowest BCUT2D eigenvalue weighted by atomic mass is 10.2. The fourth-order valence-electron chi connectivity index (χ4n) is 2.94. The number of aryl methyl sites for hydroxylation is 2. The maximum Gasteiger partial charge on any atom is 0.204 e. The van der Waals surface area contributed by atoms with Crippen LogP contribution >= 0.6 is 15.9 Å². The van der Waals surface area contributed by atoms with E-state index in [1.54, 1.807) is 0 Å². The number of rotatable bonds is 9. The van der Waals surface area contributed by atoms with E-state index in [1.165, 1.54) is 23.2 Å². The Kier molecular flexibility index (Phi) is 7.54. The smallest absolute Gasteiger partial charge is 0.204 e. The second kappa shape index (κ2) is 9.41. The van der Waals surface area contributed by atoms with E-state index in [4.69, 9.17) is 4.43 Å². The molecule has 124 valence electrons. The van der Waals surface area contributed by atoms with Crippen LogP contribution in [0.2, 0.25) is 12.1 Å². The number of alkyl halides is 1. The van der Waals surface area contributed by atoms with Gasteiger partial charge in [0.2, 0.25) is 8.32 Å². The molecular weight excluding hydrogens is 364 g/mol. The van der Waals surface area contributed by atoms with Crippen molar-refractivity contribution in [2.75, 3.05) is 4.95 Å². The van der Waals surface area contributed by atoms with Crippen LogP contribution in [0, 0.1) is 0 Å². The molecule has 0 N–H and O–H groups in total. The fraction of sp³-hybridized carbons (Fsp3) is 0.400. The van der Waals surface area contributed by atoms with Gasteiger partial charge >= 0.3 is 0 Å². The number of halogens is 1. The van der Waals surface area contributed by atoms with Crippen LogP contribution in [0.4, 0.5) is 0 Å². The second-order valence-corrected chi connectivity index (χ2v) is 12.0. The van der Waals surface area contributed by atoms with Crippen molar-refractivity contribution in [3.8, 4) is 0 Å². The van der Waals surface area contributed by atoms with Crippen molar-refractivity contribution in [1.29, 1.82) is 0 Å². The van der Waals surface area contributed by atoms with E-state index in [1.807, 2.05) is 0 Å². The van der Waals surface area contributed by atoms with E-state index in [9.17, 15) is 0 Å². The van der Waals surface area contributed by atoms with Crippen LogP contribution in [-0.4, -0.2) is 19.4 Å². The molecular formula is C20H27BrOSi. The van der Waals surface area contributed by atoms with Crippen LogP contribution in [0.1, 0.15) is 25.0 Å². The highest BCUT2D eigenvalue weighted by atomic mass is 79.9. The first kappa shape index (κ1) is 18.4. The minimum Gasteiger partial charge on any atom is -0.414 e. The molecule has 0 saturated carbocycles. The molecule has 0 aliphatic carbocycles. The Morgan fingerprint density at radius 1 is 0.826 bits per heavy atom. The fourth-order valence-corrected chi connectivity index (χ4v) is 8.32. The van der Waals surface area contributed by atoms with Crippen LogP contribution in [0.25, 0.3) is 0 Å². The minimum absolute atomic E-state index is 0.297. The Morgan fingerprint density at radius 2 is 1.26 bits per heavy atom. The normalized spacial score (nSPS) is 11.8. The van der Waals surface area contributed by atoms with Crippen molar-refractivity contribution in [3.05, 3.63) is 71.8 Å². The third kappa shape index (κ3) is 6.25. The summed E-state index contributed by atoms with van der Waals surface area (Å²) in [5.74, 6) is 0. The summed E-state index contributed by atoms with van der Waals surface area (Å²) in [4.78, 5) is 1.01. The molecule has 2 aromatic carbocycles. The van der Waals surface area contributed by atoms with Gasteiger partial charge in [-0.05, 0) is 49.9 Å². The van der Waals surface area contributed by atoms with Gasteiger partial charge in [0.1, 0.15) is 0 Å². The van der Waals surface area contributed by atoms with Crippen molar-refractivity contribution in [3.63, 3.8) is 0 Å². The first-order chi connectivity index (χ1) is 11.1. The summed E-state index contributed by atoms with van der Waals surface area (Å²) >= 11 is 3.79. The molecule has 0 heterocycles. The molecule has 0 atom stereocenters. The number of hydrogen-bond donors (Lipinski definition) is 0. The maximum atomic E-state index is 6.52. The predicted molar refractivity (Wildman–Crippen MR) is 106 cm³/mol. The Morgan fingerprint density at radius 3 is 1.61 bits per heavy atom. The maximum absolute atomic E-state index is 6.52. The third-order valence-electron chi connectivity index (χ3n) is 4.15. The predicted octanol–water partition coefficient (Wildman–Crippen LogP) is 5.78. The standard InChI is InChI=1S/C20H27BrOSi/c1-18(2)22-23(17-21,15-13-19-9-5-3-6-10-19)16-14-20-11-7-4-8-12-20/h3-12,18H,13-17H2,1-2H3. The Hall–Kier alpha value is -0.903. The molecule has 0 aliphatic rings. The first-order valence-corrected chi connectivity index (χ1v) is 12.1. The molecule has 0 bridgehead atoms. The number of hydrogen-bond acceptors (Lipinski definition) is 1. The van der Waals surface area contributed by atoms with Gasteiger partial charge in [-0.25, -0.2) is 0 Å². The van der Waals surface area contributed by atoms with Gasteiger partial charge in [-0.1, -0.05) is 76.6 Å². The van der Waals surface area contributed by atoms with Gasteiger partial charge in [0.25, 0.3) is 0 Å². The van der Waals surface area contributed by atoms with Gasteiger partial charge < -0.3 is 4.43 Å². The van der Waals surface area contributed by atoms with Gasteiger partial charge in [0.15, 0.2) is 0 Å². The first-order valence-electron chi connectivity index (χ1n) is 8.45. The molecule has 2 aromatic rings. The van der Waals surface area contributed by atoms with Gasteiger partial charge in [0, 0.05) is 11.1 Å². The average Bonchev–Trinajstić information content (AvgIpc) is 2.59. The molecule has 2 rings (SSSR count). The summed E-state index contributed by atoms with van der Waals surface area (Å²) in [6.07, 6.45) is 2.52. The van der Waals surface area contributed by atoms with Gasteiger partial charge in [0.05, 0.1) is 0 Å². The molecule has 0 spiro atoms. The summed E-state index contributed by atoms with van der Waals surface area (Å²) in [7, 11) is -1.78. The molecule has 1 nitrogen and oxygen atoms in total.